The zero-order valence-electron chi connectivity index (χ0n) is 17.3. The molecule has 2 N–H and O–H groups in total. The summed E-state index contributed by atoms with van der Waals surface area (Å²) in [5.41, 5.74) is 3.91. The van der Waals surface area contributed by atoms with Gasteiger partial charge in [-0.05, 0) is 66.2 Å². The summed E-state index contributed by atoms with van der Waals surface area (Å²) in [4.78, 5) is 27.2. The van der Waals surface area contributed by atoms with Crippen molar-refractivity contribution in [1.29, 1.82) is 0 Å². The highest BCUT2D eigenvalue weighted by Gasteiger charge is 2.32. The first kappa shape index (κ1) is 21.7. The Morgan fingerprint density at radius 2 is 1.84 bits per heavy atom. The normalized spacial score (nSPS) is 14.6. The van der Waals surface area contributed by atoms with Crippen LogP contribution in [0.2, 0.25) is 5.02 Å². The van der Waals surface area contributed by atoms with Gasteiger partial charge in [-0.25, -0.2) is 0 Å². The average molecular weight is 462 g/mol. The number of aryl methyl sites for hydroxylation is 1. The van der Waals surface area contributed by atoms with Crippen molar-refractivity contribution in [3.63, 3.8) is 0 Å². The van der Waals surface area contributed by atoms with Crippen LogP contribution >= 0.6 is 23.8 Å². The van der Waals surface area contributed by atoms with Gasteiger partial charge < -0.3 is 10.6 Å². The van der Waals surface area contributed by atoms with E-state index in [1.54, 1.807) is 48.5 Å². The summed E-state index contributed by atoms with van der Waals surface area (Å²) in [6.07, 6.45) is 2.50. The monoisotopic (exact) mass is 461 g/mol. The number of anilines is 2. The first-order valence-corrected chi connectivity index (χ1v) is 10.9. The number of hydrogen-bond donors (Lipinski definition) is 2. The molecule has 0 saturated carbocycles. The standard InChI is InChI=1S/C25H20ClN3O2S/c1-2-17-9-3-6-13-22(17)29-24(31)21(28-25(29)32)15-16-8-7-10-18(14-16)27-23(30)19-11-4-5-12-20(19)26/h3-15H,2H2,1H3,(H,27,30)(H,28,32)/b21-15+. The van der Waals surface area contributed by atoms with Gasteiger partial charge in [0.2, 0.25) is 0 Å². The number of nitrogens with zero attached hydrogens (tertiary/aromatic N) is 1. The van der Waals surface area contributed by atoms with Crippen LogP contribution < -0.4 is 15.5 Å². The summed E-state index contributed by atoms with van der Waals surface area (Å²) >= 11 is 11.5. The number of halogens is 1. The van der Waals surface area contributed by atoms with Crippen molar-refractivity contribution in [2.75, 3.05) is 10.2 Å². The lowest BCUT2D eigenvalue weighted by molar-refractivity contribution is -0.113. The van der Waals surface area contributed by atoms with Gasteiger partial charge in [0.05, 0.1) is 16.3 Å². The molecule has 0 bridgehead atoms. The highest BCUT2D eigenvalue weighted by molar-refractivity contribution is 7.80. The van der Waals surface area contributed by atoms with Gasteiger partial charge in [0.15, 0.2) is 5.11 Å². The molecule has 3 aromatic rings. The summed E-state index contributed by atoms with van der Waals surface area (Å²) in [6, 6.07) is 21.8. The van der Waals surface area contributed by atoms with Crippen molar-refractivity contribution in [2.45, 2.75) is 13.3 Å². The maximum absolute atomic E-state index is 13.1. The van der Waals surface area contributed by atoms with Gasteiger partial charge in [0.1, 0.15) is 5.70 Å². The van der Waals surface area contributed by atoms with Crippen LogP contribution in [0, 0.1) is 0 Å². The molecule has 1 fully saturated rings. The van der Waals surface area contributed by atoms with Crippen LogP contribution in [0.5, 0.6) is 0 Å². The molecule has 0 aromatic heterocycles. The van der Waals surface area contributed by atoms with Crippen LogP contribution in [0.25, 0.3) is 6.08 Å². The highest BCUT2D eigenvalue weighted by atomic mass is 35.5. The summed E-state index contributed by atoms with van der Waals surface area (Å²) < 4.78 is 0. The fraction of sp³-hybridized carbons (Fsp3) is 0.0800. The fourth-order valence-electron chi connectivity index (χ4n) is 3.50. The second kappa shape index (κ2) is 9.34. The van der Waals surface area contributed by atoms with Crippen LogP contribution in [-0.2, 0) is 11.2 Å². The average Bonchev–Trinajstić information content (AvgIpc) is 3.06. The van der Waals surface area contributed by atoms with Crippen LogP contribution in [0.3, 0.4) is 0 Å². The number of carbonyl (C=O) groups excluding carboxylic acids is 2. The van der Waals surface area contributed by atoms with E-state index >= 15 is 0 Å². The molecule has 1 aliphatic heterocycles. The van der Waals surface area contributed by atoms with E-state index in [2.05, 4.69) is 10.6 Å². The molecule has 1 aliphatic rings. The molecule has 7 heteroatoms. The lowest BCUT2D eigenvalue weighted by Gasteiger charge is -2.17. The minimum atomic E-state index is -0.306. The molecule has 0 spiro atoms. The smallest absolute Gasteiger partial charge is 0.281 e. The molecule has 3 aromatic carbocycles. The number of nitrogens with one attached hydrogen (secondary N) is 2. The van der Waals surface area contributed by atoms with Gasteiger partial charge in [0, 0.05) is 5.69 Å². The van der Waals surface area contributed by atoms with Gasteiger partial charge in [-0.3, -0.25) is 14.5 Å². The van der Waals surface area contributed by atoms with Gasteiger partial charge in [-0.15, -0.1) is 0 Å². The molecule has 2 amide bonds. The third-order valence-electron chi connectivity index (χ3n) is 5.07. The highest BCUT2D eigenvalue weighted by Crippen LogP contribution is 2.27. The summed E-state index contributed by atoms with van der Waals surface area (Å²) in [5.74, 6) is -0.527. The predicted molar refractivity (Wildman–Crippen MR) is 133 cm³/mol. The van der Waals surface area contributed by atoms with E-state index in [9.17, 15) is 9.59 Å². The number of hydrogen-bond acceptors (Lipinski definition) is 3. The Morgan fingerprint density at radius 1 is 1.09 bits per heavy atom. The zero-order valence-corrected chi connectivity index (χ0v) is 18.8. The molecule has 0 aliphatic carbocycles. The lowest BCUT2D eigenvalue weighted by atomic mass is 10.1. The van der Waals surface area contributed by atoms with Crippen LogP contribution in [0.15, 0.2) is 78.5 Å². The molecule has 1 heterocycles. The van der Waals surface area contributed by atoms with Crippen molar-refractivity contribution >= 4 is 58.2 Å². The van der Waals surface area contributed by atoms with Gasteiger partial charge >= 0.3 is 0 Å². The maximum atomic E-state index is 13.1. The maximum Gasteiger partial charge on any atom is 0.281 e. The van der Waals surface area contributed by atoms with Crippen LogP contribution in [-0.4, -0.2) is 16.9 Å². The summed E-state index contributed by atoms with van der Waals surface area (Å²) in [5, 5.41) is 6.57. The third kappa shape index (κ3) is 4.42. The van der Waals surface area contributed by atoms with E-state index < -0.39 is 0 Å². The van der Waals surface area contributed by atoms with Crippen molar-refractivity contribution in [3.05, 3.63) is 100 Å². The molecule has 0 atom stereocenters. The molecule has 5 nitrogen and oxygen atoms in total. The van der Waals surface area contributed by atoms with E-state index in [0.29, 0.717) is 27.1 Å². The molecule has 1 saturated heterocycles. The molecule has 32 heavy (non-hydrogen) atoms. The Balaban J connectivity index is 1.57. The Labute approximate surface area is 196 Å². The zero-order chi connectivity index (χ0) is 22.7. The fourth-order valence-corrected chi connectivity index (χ4v) is 4.01. The quantitative estimate of drug-likeness (QED) is 0.393. The Bertz CT molecular complexity index is 1260. The number of thiocarbonyl (C=S) groups is 1. The van der Waals surface area contributed by atoms with E-state index in [1.807, 2.05) is 37.3 Å². The van der Waals surface area contributed by atoms with E-state index in [4.69, 9.17) is 23.8 Å². The van der Waals surface area contributed by atoms with E-state index in [0.717, 1.165) is 23.2 Å². The number of carbonyl (C=O) groups is 2. The van der Waals surface area contributed by atoms with Gasteiger partial charge in [-0.2, -0.15) is 0 Å². The first-order valence-electron chi connectivity index (χ1n) is 10.1. The minimum Gasteiger partial charge on any atom is -0.327 e. The SMILES string of the molecule is CCc1ccccc1N1C(=O)/C(=C\c2cccc(NC(=O)c3ccccc3Cl)c2)NC1=S. The molecule has 0 unspecified atom stereocenters. The van der Waals surface area contributed by atoms with E-state index in [1.165, 1.54) is 4.90 Å². The molecular weight excluding hydrogens is 442 g/mol. The van der Waals surface area contributed by atoms with Gasteiger partial charge in [-0.1, -0.05) is 61.0 Å². The predicted octanol–water partition coefficient (Wildman–Crippen LogP) is 5.42. The number of para-hydroxylation sites is 1. The Hall–Kier alpha value is -3.48. The topological polar surface area (TPSA) is 61.4 Å². The molecule has 4 rings (SSSR count). The van der Waals surface area contributed by atoms with E-state index in [-0.39, 0.29) is 11.8 Å². The van der Waals surface area contributed by atoms with Crippen LogP contribution in [0.1, 0.15) is 28.4 Å². The van der Waals surface area contributed by atoms with Crippen molar-refractivity contribution in [2.24, 2.45) is 0 Å². The largest absolute Gasteiger partial charge is 0.327 e. The second-order valence-corrected chi connectivity index (χ2v) is 7.96. The number of benzene rings is 3. The molecule has 0 radical (unpaired) electrons. The van der Waals surface area contributed by atoms with Crippen LogP contribution in [0.4, 0.5) is 11.4 Å². The second-order valence-electron chi connectivity index (χ2n) is 7.17. The van der Waals surface area contributed by atoms with Crippen molar-refractivity contribution in [3.8, 4) is 0 Å². The van der Waals surface area contributed by atoms with Crippen molar-refractivity contribution < 1.29 is 9.59 Å². The first-order chi connectivity index (χ1) is 15.5. The Kier molecular flexibility index (Phi) is 6.35. The van der Waals surface area contributed by atoms with Crippen molar-refractivity contribution in [1.82, 2.24) is 5.32 Å². The van der Waals surface area contributed by atoms with Gasteiger partial charge in [0.25, 0.3) is 11.8 Å². The summed E-state index contributed by atoms with van der Waals surface area (Å²) in [7, 11) is 0. The Morgan fingerprint density at radius 3 is 2.62 bits per heavy atom. The number of amides is 2. The molecule has 160 valence electrons. The lowest BCUT2D eigenvalue weighted by Crippen LogP contribution is -2.31. The molecular formula is C25H20ClN3O2S. The summed E-state index contributed by atoms with van der Waals surface area (Å²) in [6.45, 7) is 2.04. The third-order valence-corrected chi connectivity index (χ3v) is 5.68. The minimum absolute atomic E-state index is 0.221. The number of rotatable bonds is 5.